The fourth-order valence-electron chi connectivity index (χ4n) is 2.62. The van der Waals surface area contributed by atoms with Gasteiger partial charge in [0.05, 0.1) is 7.11 Å². The molecule has 0 saturated heterocycles. The lowest BCUT2D eigenvalue weighted by Gasteiger charge is -2.14. The van der Waals surface area contributed by atoms with Crippen LogP contribution in [0.25, 0.3) is 0 Å². The number of hydrogen-bond acceptors (Lipinski definition) is 4. The molecule has 0 fully saturated rings. The average Bonchev–Trinajstić information content (AvgIpc) is 2.88. The topological polar surface area (TPSA) is 47.9 Å². The van der Waals surface area contributed by atoms with Crippen LogP contribution in [-0.4, -0.2) is 24.8 Å². The zero-order chi connectivity index (χ0) is 14.6. The van der Waals surface area contributed by atoms with E-state index in [4.69, 9.17) is 14.7 Å². The first-order valence-electron chi connectivity index (χ1n) is 8.03. The molecule has 0 spiro atoms. The molecule has 1 N–H and O–H groups in total. The van der Waals surface area contributed by atoms with Gasteiger partial charge in [-0.25, -0.2) is 10.1 Å². The zero-order valence-corrected chi connectivity index (χ0v) is 13.0. The highest BCUT2D eigenvalue weighted by Gasteiger charge is 2.28. The van der Waals surface area contributed by atoms with Crippen LogP contribution in [0.2, 0.25) is 0 Å². The minimum atomic E-state index is -0.673. The number of ether oxygens (including phenoxy) is 2. The molecule has 0 radical (unpaired) electrons. The Hall–Kier alpha value is -0.580. The van der Waals surface area contributed by atoms with Gasteiger partial charge in [-0.15, -0.1) is 0 Å². The molecule has 2 atom stereocenters. The lowest BCUT2D eigenvalue weighted by molar-refractivity contribution is -0.330. The van der Waals surface area contributed by atoms with Crippen LogP contribution < -0.4 is 0 Å². The summed E-state index contributed by atoms with van der Waals surface area (Å²) in [5, 5.41) is 8.60. The fraction of sp³-hybridized carbons (Fsp3) is 0.875. The van der Waals surface area contributed by atoms with E-state index in [-0.39, 0.29) is 6.10 Å². The van der Waals surface area contributed by atoms with Crippen LogP contribution >= 0.6 is 0 Å². The van der Waals surface area contributed by atoms with Crippen molar-refractivity contribution in [1.29, 1.82) is 0 Å². The van der Waals surface area contributed by atoms with Crippen LogP contribution in [0.5, 0.6) is 0 Å². The summed E-state index contributed by atoms with van der Waals surface area (Å²) in [6, 6.07) is 0. The van der Waals surface area contributed by atoms with Gasteiger partial charge in [0.1, 0.15) is 11.9 Å². The Labute approximate surface area is 123 Å². The van der Waals surface area contributed by atoms with Gasteiger partial charge in [0.25, 0.3) is 0 Å². The van der Waals surface area contributed by atoms with Crippen LogP contribution in [0.1, 0.15) is 71.1 Å². The van der Waals surface area contributed by atoms with Crippen molar-refractivity contribution in [1.82, 2.24) is 0 Å². The molecule has 1 aliphatic heterocycles. The third-order valence-electron chi connectivity index (χ3n) is 3.83. The highest BCUT2D eigenvalue weighted by atomic mass is 17.1. The number of rotatable bonds is 12. The largest absolute Gasteiger partial charge is 0.498 e. The maximum atomic E-state index is 8.60. The van der Waals surface area contributed by atoms with Gasteiger partial charge in [-0.2, -0.15) is 0 Å². The van der Waals surface area contributed by atoms with E-state index in [1.54, 1.807) is 13.2 Å². The molecule has 0 amide bonds. The molecule has 0 aromatic heterocycles. The van der Waals surface area contributed by atoms with Gasteiger partial charge in [-0.05, 0) is 6.42 Å². The number of hydrogen-bond donors (Lipinski definition) is 1. The predicted molar refractivity (Wildman–Crippen MR) is 79.3 cm³/mol. The molecule has 2 unspecified atom stereocenters. The normalized spacial score (nSPS) is 22.1. The second-order valence-electron chi connectivity index (χ2n) is 5.49. The predicted octanol–water partition coefficient (Wildman–Crippen LogP) is 4.65. The van der Waals surface area contributed by atoms with E-state index in [1.165, 1.54) is 51.4 Å². The summed E-state index contributed by atoms with van der Waals surface area (Å²) in [5.41, 5.74) is 0. The summed E-state index contributed by atoms with van der Waals surface area (Å²) < 4.78 is 10.7. The molecule has 4 heteroatoms. The van der Waals surface area contributed by atoms with Crippen LogP contribution in [0, 0.1) is 0 Å². The molecule has 0 bridgehead atoms. The van der Waals surface area contributed by atoms with Crippen molar-refractivity contribution in [2.75, 3.05) is 7.11 Å². The monoisotopic (exact) mass is 286 g/mol. The molecule has 118 valence electrons. The Kier molecular flexibility index (Phi) is 9.71. The standard InChI is InChI=1S/C16H30O4/c1-3-4-5-6-7-8-9-10-11-12-14-15(18-2)13-16(19-14)20-17/h13-14,16-17H,3-12H2,1-2H3. The molecule has 0 aromatic rings. The Morgan fingerprint density at radius 3 is 2.20 bits per heavy atom. The Bertz CT molecular complexity index is 265. The summed E-state index contributed by atoms with van der Waals surface area (Å²) in [4.78, 5) is 4.19. The average molecular weight is 286 g/mol. The molecule has 1 rings (SSSR count). The van der Waals surface area contributed by atoms with E-state index < -0.39 is 6.29 Å². The fourth-order valence-corrected chi connectivity index (χ4v) is 2.62. The SMILES string of the molecule is CCCCCCCCCCCC1OC(OO)C=C1OC. The first kappa shape index (κ1) is 17.5. The first-order chi connectivity index (χ1) is 9.81. The van der Waals surface area contributed by atoms with E-state index in [2.05, 4.69) is 11.8 Å². The van der Waals surface area contributed by atoms with Gasteiger partial charge in [0.2, 0.25) is 6.29 Å². The van der Waals surface area contributed by atoms with Crippen molar-refractivity contribution in [3.8, 4) is 0 Å². The van der Waals surface area contributed by atoms with E-state index in [0.717, 1.165) is 18.6 Å². The third kappa shape index (κ3) is 6.73. The number of methoxy groups -OCH3 is 1. The molecule has 1 aliphatic rings. The van der Waals surface area contributed by atoms with E-state index in [1.807, 2.05) is 0 Å². The Morgan fingerprint density at radius 1 is 1.05 bits per heavy atom. The molecular weight excluding hydrogens is 256 g/mol. The maximum absolute atomic E-state index is 8.60. The van der Waals surface area contributed by atoms with Gasteiger partial charge in [-0.3, -0.25) is 0 Å². The molecule has 0 saturated carbocycles. The van der Waals surface area contributed by atoms with Crippen molar-refractivity contribution >= 4 is 0 Å². The lowest BCUT2D eigenvalue weighted by atomic mass is 10.0. The van der Waals surface area contributed by atoms with Crippen molar-refractivity contribution in [2.24, 2.45) is 0 Å². The smallest absolute Gasteiger partial charge is 0.214 e. The van der Waals surface area contributed by atoms with Crippen LogP contribution in [0.15, 0.2) is 11.8 Å². The summed E-state index contributed by atoms with van der Waals surface area (Å²) in [6.45, 7) is 2.25. The minimum absolute atomic E-state index is 0.0679. The number of unbranched alkanes of at least 4 members (excludes halogenated alkanes) is 8. The molecule has 20 heavy (non-hydrogen) atoms. The second-order valence-corrected chi connectivity index (χ2v) is 5.49. The van der Waals surface area contributed by atoms with E-state index in [0.29, 0.717) is 0 Å². The van der Waals surface area contributed by atoms with Crippen LogP contribution in [-0.2, 0) is 14.4 Å². The summed E-state index contributed by atoms with van der Waals surface area (Å²) >= 11 is 0. The lowest BCUT2D eigenvalue weighted by Crippen LogP contribution is -2.16. The molecule has 0 aliphatic carbocycles. The molecular formula is C16H30O4. The summed E-state index contributed by atoms with van der Waals surface area (Å²) in [5.74, 6) is 0.767. The first-order valence-corrected chi connectivity index (χ1v) is 8.03. The molecule has 0 aromatic carbocycles. The van der Waals surface area contributed by atoms with Gasteiger partial charge in [0.15, 0.2) is 0 Å². The highest BCUT2D eigenvalue weighted by Crippen LogP contribution is 2.25. The van der Waals surface area contributed by atoms with Crippen molar-refractivity contribution in [3.05, 3.63) is 11.8 Å². The van der Waals surface area contributed by atoms with Crippen LogP contribution in [0.3, 0.4) is 0 Å². The Balaban J connectivity index is 1.97. The summed E-state index contributed by atoms with van der Waals surface area (Å²) in [6.07, 6.45) is 13.7. The second kappa shape index (κ2) is 11.1. The van der Waals surface area contributed by atoms with Crippen molar-refractivity contribution in [3.63, 3.8) is 0 Å². The molecule has 1 heterocycles. The van der Waals surface area contributed by atoms with E-state index in [9.17, 15) is 0 Å². The zero-order valence-electron chi connectivity index (χ0n) is 13.0. The van der Waals surface area contributed by atoms with Gasteiger partial charge >= 0.3 is 0 Å². The minimum Gasteiger partial charge on any atom is -0.498 e. The maximum Gasteiger partial charge on any atom is 0.214 e. The van der Waals surface area contributed by atoms with Gasteiger partial charge < -0.3 is 9.47 Å². The van der Waals surface area contributed by atoms with Crippen LogP contribution in [0.4, 0.5) is 0 Å². The Morgan fingerprint density at radius 2 is 1.65 bits per heavy atom. The molecule has 4 nitrogen and oxygen atoms in total. The van der Waals surface area contributed by atoms with Gasteiger partial charge in [-0.1, -0.05) is 64.7 Å². The van der Waals surface area contributed by atoms with E-state index >= 15 is 0 Å². The summed E-state index contributed by atoms with van der Waals surface area (Å²) in [7, 11) is 1.62. The highest BCUT2D eigenvalue weighted by molar-refractivity contribution is 5.07. The van der Waals surface area contributed by atoms with Crippen molar-refractivity contribution in [2.45, 2.75) is 83.5 Å². The van der Waals surface area contributed by atoms with Gasteiger partial charge in [0, 0.05) is 6.08 Å². The quantitative estimate of drug-likeness (QED) is 0.322. The third-order valence-corrected chi connectivity index (χ3v) is 3.83. The van der Waals surface area contributed by atoms with Crippen molar-refractivity contribution < 1.29 is 19.6 Å².